The first-order valence-electron chi connectivity index (χ1n) is 8.12. The Morgan fingerprint density at radius 3 is 2.50 bits per heavy atom. The number of fused-ring (bicyclic) bond motifs is 4. The van der Waals surface area contributed by atoms with E-state index in [4.69, 9.17) is 12.2 Å². The molecule has 1 aliphatic carbocycles. The summed E-state index contributed by atoms with van der Waals surface area (Å²) < 4.78 is 0.883. The summed E-state index contributed by atoms with van der Waals surface area (Å²) in [7, 11) is 0. The van der Waals surface area contributed by atoms with Gasteiger partial charge in [-0.05, 0) is 62.7 Å². The van der Waals surface area contributed by atoms with Crippen molar-refractivity contribution in [2.75, 3.05) is 13.1 Å². The van der Waals surface area contributed by atoms with Gasteiger partial charge in [0.2, 0.25) is 5.69 Å². The van der Waals surface area contributed by atoms with E-state index >= 15 is 0 Å². The molecule has 5 nitrogen and oxygen atoms in total. The van der Waals surface area contributed by atoms with Gasteiger partial charge in [0.15, 0.2) is 11.3 Å². The number of nitrogens with one attached hydrogen (secondary N) is 2. The number of aromatic nitrogens is 1. The fourth-order valence-electron chi connectivity index (χ4n) is 3.56. The predicted molar refractivity (Wildman–Crippen MR) is 89.7 cm³/mol. The van der Waals surface area contributed by atoms with Gasteiger partial charge in [-0.3, -0.25) is 5.43 Å². The van der Waals surface area contributed by atoms with Gasteiger partial charge in [-0.15, -0.1) is 0 Å². The molecule has 3 fully saturated rings. The number of pyridine rings is 1. The highest BCUT2D eigenvalue weighted by Gasteiger charge is 2.30. The SMILES string of the molecule is C[C@@H](NNC(=S)N1CC2CCC(CC2)C1)c1cccc[n+]1[O-]. The zero-order chi connectivity index (χ0) is 15.5. The monoisotopic (exact) mass is 320 g/mol. The fourth-order valence-corrected chi connectivity index (χ4v) is 3.77. The number of hydrazine groups is 1. The van der Waals surface area contributed by atoms with Crippen LogP contribution in [0.4, 0.5) is 0 Å². The molecular weight excluding hydrogens is 296 g/mol. The topological polar surface area (TPSA) is 54.2 Å². The largest absolute Gasteiger partial charge is 0.618 e. The van der Waals surface area contributed by atoms with Gasteiger partial charge in [-0.1, -0.05) is 0 Å². The minimum Gasteiger partial charge on any atom is -0.618 e. The van der Waals surface area contributed by atoms with Crippen LogP contribution in [-0.2, 0) is 0 Å². The summed E-state index contributed by atoms with van der Waals surface area (Å²) in [5.41, 5.74) is 6.96. The Morgan fingerprint density at radius 2 is 1.91 bits per heavy atom. The van der Waals surface area contributed by atoms with E-state index in [-0.39, 0.29) is 6.04 Å². The van der Waals surface area contributed by atoms with Gasteiger partial charge in [0.1, 0.15) is 6.04 Å². The molecule has 22 heavy (non-hydrogen) atoms. The average Bonchev–Trinajstić information content (AvgIpc) is 2.86. The third kappa shape index (κ3) is 3.50. The van der Waals surface area contributed by atoms with Crippen molar-refractivity contribution in [1.29, 1.82) is 0 Å². The summed E-state index contributed by atoms with van der Waals surface area (Å²) in [6.45, 7) is 4.07. The summed E-state index contributed by atoms with van der Waals surface area (Å²) in [4.78, 5) is 2.29. The molecule has 120 valence electrons. The number of hydrogen-bond donors (Lipinski definition) is 2. The molecule has 2 saturated heterocycles. The van der Waals surface area contributed by atoms with Crippen LogP contribution in [0, 0.1) is 17.0 Å². The van der Waals surface area contributed by atoms with Crippen LogP contribution in [0.2, 0.25) is 0 Å². The maximum Gasteiger partial charge on any atom is 0.211 e. The van der Waals surface area contributed by atoms with Crippen molar-refractivity contribution in [2.45, 2.75) is 38.6 Å². The van der Waals surface area contributed by atoms with Gasteiger partial charge >= 0.3 is 0 Å². The van der Waals surface area contributed by atoms with Gasteiger partial charge in [0.25, 0.3) is 0 Å². The first-order chi connectivity index (χ1) is 10.6. The molecule has 0 aromatic carbocycles. The lowest BCUT2D eigenvalue weighted by molar-refractivity contribution is -0.616. The first-order valence-corrected chi connectivity index (χ1v) is 8.53. The van der Waals surface area contributed by atoms with Crippen molar-refractivity contribution >= 4 is 17.3 Å². The van der Waals surface area contributed by atoms with E-state index in [9.17, 15) is 5.21 Å². The molecule has 6 heteroatoms. The number of rotatable bonds is 3. The lowest BCUT2D eigenvalue weighted by Gasteiger charge is -2.27. The summed E-state index contributed by atoms with van der Waals surface area (Å²) in [5, 5.41) is 12.5. The van der Waals surface area contributed by atoms with Crippen molar-refractivity contribution in [1.82, 2.24) is 15.8 Å². The van der Waals surface area contributed by atoms with Crippen LogP contribution in [0.1, 0.15) is 44.3 Å². The van der Waals surface area contributed by atoms with Crippen LogP contribution in [0.15, 0.2) is 24.4 Å². The van der Waals surface area contributed by atoms with Gasteiger partial charge in [0.05, 0.1) is 0 Å². The second kappa shape index (κ2) is 6.79. The van der Waals surface area contributed by atoms with Gasteiger partial charge < -0.3 is 10.1 Å². The summed E-state index contributed by atoms with van der Waals surface area (Å²) in [6.07, 6.45) is 6.88. The van der Waals surface area contributed by atoms with Crippen LogP contribution in [0.25, 0.3) is 0 Å². The van der Waals surface area contributed by atoms with E-state index in [0.29, 0.717) is 5.69 Å². The van der Waals surface area contributed by atoms with Crippen LogP contribution < -0.4 is 15.6 Å². The summed E-state index contributed by atoms with van der Waals surface area (Å²) in [6, 6.07) is 5.31. The minimum atomic E-state index is -0.111. The second-order valence-electron chi connectivity index (χ2n) is 6.54. The summed E-state index contributed by atoms with van der Waals surface area (Å²) >= 11 is 5.54. The molecule has 1 saturated carbocycles. The Balaban J connectivity index is 1.55. The number of thiocarbonyl (C=S) groups is 1. The highest BCUT2D eigenvalue weighted by atomic mass is 32.1. The molecule has 2 aliphatic heterocycles. The zero-order valence-electron chi connectivity index (χ0n) is 13.0. The van der Waals surface area contributed by atoms with E-state index in [2.05, 4.69) is 15.8 Å². The fraction of sp³-hybridized carbons (Fsp3) is 0.625. The zero-order valence-corrected chi connectivity index (χ0v) is 13.8. The van der Waals surface area contributed by atoms with Crippen molar-refractivity contribution in [2.24, 2.45) is 11.8 Å². The quantitative estimate of drug-likeness (QED) is 0.385. The third-order valence-electron chi connectivity index (χ3n) is 4.90. The molecule has 1 atom stereocenters. The second-order valence-corrected chi connectivity index (χ2v) is 6.93. The highest BCUT2D eigenvalue weighted by Crippen LogP contribution is 2.33. The van der Waals surface area contributed by atoms with Crippen LogP contribution >= 0.6 is 12.2 Å². The minimum absolute atomic E-state index is 0.111. The molecule has 0 unspecified atom stereocenters. The maximum atomic E-state index is 11.8. The molecule has 2 N–H and O–H groups in total. The third-order valence-corrected chi connectivity index (χ3v) is 5.26. The molecule has 0 radical (unpaired) electrons. The predicted octanol–water partition coefficient (Wildman–Crippen LogP) is 1.88. The Morgan fingerprint density at radius 1 is 1.27 bits per heavy atom. The van der Waals surface area contributed by atoms with E-state index in [1.54, 1.807) is 6.07 Å². The average molecular weight is 320 g/mol. The highest BCUT2D eigenvalue weighted by molar-refractivity contribution is 7.80. The molecule has 2 bridgehead atoms. The Bertz CT molecular complexity index is 517. The maximum absolute atomic E-state index is 11.8. The van der Waals surface area contributed by atoms with Gasteiger partial charge in [0, 0.05) is 25.2 Å². The molecular formula is C16H24N4OS. The molecule has 0 spiro atoms. The van der Waals surface area contributed by atoms with E-state index < -0.39 is 0 Å². The van der Waals surface area contributed by atoms with E-state index in [0.717, 1.165) is 34.8 Å². The standard InChI is InChI=1S/C16H24N4OS/c1-12(15-4-2-3-9-20(15)21)17-18-16(22)19-10-13-5-6-14(11-19)8-7-13/h2-4,9,12-14,17H,5-8,10-11H2,1H3,(H,18,22)/t12-,13?,14?/m1/s1. The Kier molecular flexibility index (Phi) is 4.78. The Hall–Kier alpha value is -1.40. The smallest absolute Gasteiger partial charge is 0.211 e. The Labute approximate surface area is 137 Å². The molecule has 0 amide bonds. The van der Waals surface area contributed by atoms with Crippen molar-refractivity contribution < 1.29 is 4.73 Å². The van der Waals surface area contributed by atoms with Crippen molar-refractivity contribution in [3.63, 3.8) is 0 Å². The van der Waals surface area contributed by atoms with E-state index in [1.807, 2.05) is 19.1 Å². The molecule has 1 aromatic rings. The molecule has 1 aromatic heterocycles. The van der Waals surface area contributed by atoms with Crippen LogP contribution in [0.3, 0.4) is 0 Å². The van der Waals surface area contributed by atoms with Gasteiger partial charge in [-0.25, -0.2) is 5.43 Å². The molecule has 3 heterocycles. The lowest BCUT2D eigenvalue weighted by Crippen LogP contribution is -2.50. The van der Waals surface area contributed by atoms with Crippen LogP contribution in [-0.4, -0.2) is 23.1 Å². The first kappa shape index (κ1) is 15.5. The molecule has 3 aliphatic rings. The van der Waals surface area contributed by atoms with Gasteiger partial charge in [-0.2, -0.15) is 4.73 Å². The number of nitrogens with zero attached hydrogens (tertiary/aromatic N) is 2. The normalized spacial score (nSPS) is 25.6. The molecule has 4 rings (SSSR count). The van der Waals surface area contributed by atoms with Crippen molar-refractivity contribution in [3.8, 4) is 0 Å². The number of hydrogen-bond acceptors (Lipinski definition) is 3. The summed E-state index contributed by atoms with van der Waals surface area (Å²) in [5.74, 6) is 1.57. The van der Waals surface area contributed by atoms with Crippen LogP contribution in [0.5, 0.6) is 0 Å². The lowest BCUT2D eigenvalue weighted by atomic mass is 9.84. The van der Waals surface area contributed by atoms with E-state index in [1.165, 1.54) is 31.9 Å². The van der Waals surface area contributed by atoms with Crippen molar-refractivity contribution in [3.05, 3.63) is 35.3 Å².